The molecule has 4 heterocycles. The van der Waals surface area contributed by atoms with E-state index in [2.05, 4.69) is 37.5 Å². The molecule has 188 valence electrons. The van der Waals surface area contributed by atoms with Gasteiger partial charge in [0.2, 0.25) is 0 Å². The first-order valence-corrected chi connectivity index (χ1v) is 12.2. The number of carbonyl (C=O) groups is 1. The van der Waals surface area contributed by atoms with Gasteiger partial charge in [0.05, 0.1) is 10.9 Å². The molecule has 2 atom stereocenters. The summed E-state index contributed by atoms with van der Waals surface area (Å²) in [6.07, 6.45) is -1.25. The highest BCUT2D eigenvalue weighted by Gasteiger charge is 2.40. The molecule has 12 heteroatoms. The SMILES string of the molecule is C[C@@H]1CN(c2ncnc3c2c(C(F)(F)F)cn3-c2cc(I)ccn2)[C@@H](C)CN1C(=O)OC(C)(C)C. The summed E-state index contributed by atoms with van der Waals surface area (Å²) in [6.45, 7) is 9.63. The van der Waals surface area contributed by atoms with Crippen LogP contribution >= 0.6 is 22.6 Å². The molecule has 1 aliphatic rings. The van der Waals surface area contributed by atoms with Gasteiger partial charge in [0.15, 0.2) is 5.65 Å². The van der Waals surface area contributed by atoms with E-state index in [1.54, 1.807) is 42.7 Å². The number of fused-ring (bicyclic) bond motifs is 1. The van der Waals surface area contributed by atoms with Crippen LogP contribution in [0.25, 0.3) is 16.9 Å². The van der Waals surface area contributed by atoms with E-state index >= 15 is 0 Å². The lowest BCUT2D eigenvalue weighted by atomic mass is 10.1. The standard InChI is InChI=1S/C23H26F3IN6O2/c1-13-10-32(21(34)35-22(3,4)5)14(2)9-31(13)19-18-16(23(24,25)26)11-33(20(18)30-12-29-19)17-8-15(27)6-7-28-17/h6-8,11-14H,9-10H2,1-5H3/t13-,14+/m0/s1. The van der Waals surface area contributed by atoms with Crippen molar-refractivity contribution in [1.29, 1.82) is 0 Å². The molecule has 0 spiro atoms. The first-order valence-electron chi connectivity index (χ1n) is 11.1. The van der Waals surface area contributed by atoms with Crippen molar-refractivity contribution >= 4 is 45.5 Å². The number of halogens is 4. The Labute approximate surface area is 214 Å². The number of aromatic nitrogens is 4. The van der Waals surface area contributed by atoms with E-state index in [4.69, 9.17) is 4.74 Å². The molecule has 1 aliphatic heterocycles. The highest BCUT2D eigenvalue weighted by molar-refractivity contribution is 14.1. The van der Waals surface area contributed by atoms with E-state index in [9.17, 15) is 18.0 Å². The van der Waals surface area contributed by atoms with Gasteiger partial charge in [-0.15, -0.1) is 0 Å². The lowest BCUT2D eigenvalue weighted by Crippen LogP contribution is -2.59. The first-order chi connectivity index (χ1) is 16.3. The third-order valence-corrected chi connectivity index (χ3v) is 6.38. The fourth-order valence-electron chi connectivity index (χ4n) is 4.17. The number of nitrogens with zero attached hydrogens (tertiary/aromatic N) is 6. The maximum Gasteiger partial charge on any atom is 0.418 e. The number of pyridine rings is 1. The molecule has 0 aliphatic carbocycles. The lowest BCUT2D eigenvalue weighted by Gasteiger charge is -2.44. The number of alkyl halides is 3. The number of hydrogen-bond acceptors (Lipinski definition) is 6. The molecule has 35 heavy (non-hydrogen) atoms. The Morgan fingerprint density at radius 3 is 2.46 bits per heavy atom. The van der Waals surface area contributed by atoms with Crippen LogP contribution in [0.2, 0.25) is 0 Å². The zero-order valence-electron chi connectivity index (χ0n) is 20.0. The predicted octanol–water partition coefficient (Wildman–Crippen LogP) is 5.27. The highest BCUT2D eigenvalue weighted by atomic mass is 127. The smallest absolute Gasteiger partial charge is 0.418 e. The van der Waals surface area contributed by atoms with E-state index in [0.29, 0.717) is 5.82 Å². The van der Waals surface area contributed by atoms with Crippen LogP contribution in [0.5, 0.6) is 0 Å². The van der Waals surface area contributed by atoms with E-state index in [1.165, 1.54) is 17.1 Å². The molecule has 1 amide bonds. The molecule has 0 radical (unpaired) electrons. The highest BCUT2D eigenvalue weighted by Crippen LogP contribution is 2.41. The van der Waals surface area contributed by atoms with Crippen LogP contribution in [0.4, 0.5) is 23.8 Å². The maximum absolute atomic E-state index is 14.2. The molecule has 0 aromatic carbocycles. The summed E-state index contributed by atoms with van der Waals surface area (Å²) in [7, 11) is 0. The molecule has 0 unspecified atom stereocenters. The fourth-order valence-corrected chi connectivity index (χ4v) is 4.61. The molecule has 8 nitrogen and oxygen atoms in total. The zero-order chi connectivity index (χ0) is 25.7. The van der Waals surface area contributed by atoms with Crippen LogP contribution in [0, 0.1) is 3.57 Å². The van der Waals surface area contributed by atoms with Gasteiger partial charge in [-0.2, -0.15) is 13.2 Å². The van der Waals surface area contributed by atoms with Gasteiger partial charge in [0.25, 0.3) is 0 Å². The molecule has 0 saturated carbocycles. The number of ether oxygens (including phenoxy) is 1. The van der Waals surface area contributed by atoms with Gasteiger partial charge in [-0.25, -0.2) is 19.7 Å². The second-order valence-corrected chi connectivity index (χ2v) is 10.9. The minimum Gasteiger partial charge on any atom is -0.444 e. The third-order valence-electron chi connectivity index (χ3n) is 5.71. The van der Waals surface area contributed by atoms with Gasteiger partial charge < -0.3 is 14.5 Å². The Morgan fingerprint density at radius 2 is 1.83 bits per heavy atom. The van der Waals surface area contributed by atoms with Crippen LogP contribution in [0.1, 0.15) is 40.2 Å². The fraction of sp³-hybridized carbons (Fsp3) is 0.478. The van der Waals surface area contributed by atoms with Gasteiger partial charge in [-0.05, 0) is 69.3 Å². The molecule has 3 aromatic heterocycles. The Bertz CT molecular complexity index is 1260. The normalized spacial score (nSPS) is 19.3. The maximum atomic E-state index is 14.2. The molecule has 4 rings (SSSR count). The third kappa shape index (κ3) is 5.16. The second kappa shape index (κ2) is 9.10. The van der Waals surface area contributed by atoms with E-state index in [1.807, 2.05) is 13.8 Å². The predicted molar refractivity (Wildman–Crippen MR) is 134 cm³/mol. The summed E-state index contributed by atoms with van der Waals surface area (Å²) < 4.78 is 50.3. The van der Waals surface area contributed by atoms with Crippen molar-refractivity contribution in [3.63, 3.8) is 0 Å². The molecule has 0 N–H and O–H groups in total. The topological polar surface area (TPSA) is 76.4 Å². The van der Waals surface area contributed by atoms with Gasteiger partial charge in [0, 0.05) is 41.1 Å². The summed E-state index contributed by atoms with van der Waals surface area (Å²) in [4.78, 5) is 28.8. The summed E-state index contributed by atoms with van der Waals surface area (Å²) in [5, 5.41) is -0.0922. The van der Waals surface area contributed by atoms with Crippen LogP contribution in [0.3, 0.4) is 0 Å². The lowest BCUT2D eigenvalue weighted by molar-refractivity contribution is -0.136. The summed E-state index contributed by atoms with van der Waals surface area (Å²) >= 11 is 2.08. The number of carbonyl (C=O) groups excluding carboxylic acids is 1. The van der Waals surface area contributed by atoms with Crippen molar-refractivity contribution < 1.29 is 22.7 Å². The van der Waals surface area contributed by atoms with E-state index in [0.717, 1.165) is 9.77 Å². The van der Waals surface area contributed by atoms with Crippen molar-refractivity contribution in [1.82, 2.24) is 24.4 Å². The average Bonchev–Trinajstić information content (AvgIpc) is 3.14. The minimum atomic E-state index is -4.63. The molecule has 3 aromatic rings. The minimum absolute atomic E-state index is 0.0922. The Balaban J connectivity index is 1.78. The summed E-state index contributed by atoms with van der Waals surface area (Å²) in [5.41, 5.74) is -1.37. The monoisotopic (exact) mass is 602 g/mol. The van der Waals surface area contributed by atoms with E-state index < -0.39 is 23.4 Å². The zero-order valence-corrected chi connectivity index (χ0v) is 22.1. The van der Waals surface area contributed by atoms with Crippen molar-refractivity contribution in [2.45, 2.75) is 58.5 Å². The Kier molecular flexibility index (Phi) is 6.62. The second-order valence-electron chi connectivity index (χ2n) is 9.62. The number of piperazine rings is 1. The van der Waals surface area contributed by atoms with Crippen LogP contribution in [0.15, 0.2) is 30.9 Å². The van der Waals surface area contributed by atoms with Gasteiger partial charge in [-0.3, -0.25) is 4.57 Å². The first kappa shape index (κ1) is 25.5. The molecule has 0 bridgehead atoms. The summed E-state index contributed by atoms with van der Waals surface area (Å²) in [6, 6.07) is 2.83. The van der Waals surface area contributed by atoms with Crippen LogP contribution in [-0.4, -0.2) is 61.3 Å². The van der Waals surface area contributed by atoms with Crippen molar-refractivity contribution in [2.24, 2.45) is 0 Å². The molecule has 1 saturated heterocycles. The van der Waals surface area contributed by atoms with Crippen LogP contribution in [-0.2, 0) is 10.9 Å². The number of hydrogen-bond donors (Lipinski definition) is 0. The van der Waals surface area contributed by atoms with E-state index in [-0.39, 0.29) is 42.0 Å². The van der Waals surface area contributed by atoms with Crippen molar-refractivity contribution in [2.75, 3.05) is 18.0 Å². The molecular formula is C23H26F3IN6O2. The van der Waals surface area contributed by atoms with Crippen molar-refractivity contribution in [3.8, 4) is 5.82 Å². The number of anilines is 1. The largest absolute Gasteiger partial charge is 0.444 e. The molecule has 1 fully saturated rings. The summed E-state index contributed by atoms with van der Waals surface area (Å²) in [5.74, 6) is 0.508. The van der Waals surface area contributed by atoms with Crippen LogP contribution < -0.4 is 4.90 Å². The molecular weight excluding hydrogens is 576 g/mol. The number of rotatable bonds is 2. The van der Waals surface area contributed by atoms with Gasteiger partial charge in [-0.1, -0.05) is 0 Å². The Morgan fingerprint density at radius 1 is 1.11 bits per heavy atom. The average molecular weight is 602 g/mol. The van der Waals surface area contributed by atoms with Gasteiger partial charge >= 0.3 is 12.3 Å². The quantitative estimate of drug-likeness (QED) is 0.372. The van der Waals surface area contributed by atoms with Crippen molar-refractivity contribution in [3.05, 3.63) is 40.0 Å². The Hall–Kier alpha value is -2.64. The van der Waals surface area contributed by atoms with Gasteiger partial charge in [0.1, 0.15) is 23.6 Å². The number of amides is 1.